The van der Waals surface area contributed by atoms with Crippen LogP contribution in [-0.4, -0.2) is 57.8 Å². The third-order valence-electron chi connectivity index (χ3n) is 3.78. The van der Waals surface area contributed by atoms with Crippen LogP contribution in [0.2, 0.25) is 0 Å². The summed E-state index contributed by atoms with van der Waals surface area (Å²) in [6.07, 6.45) is 1.62. The molecule has 1 rings (SSSR count). The Morgan fingerprint density at radius 2 is 1.80 bits per heavy atom. The fourth-order valence-corrected chi connectivity index (χ4v) is 2.51. The Morgan fingerprint density at radius 3 is 2.24 bits per heavy atom. The first-order chi connectivity index (χ1) is 11.4. The molecule has 25 heavy (non-hydrogen) atoms. The van der Waals surface area contributed by atoms with Crippen LogP contribution in [0.5, 0.6) is 0 Å². The molecule has 146 valence electrons. The summed E-state index contributed by atoms with van der Waals surface area (Å²) in [5, 5.41) is 17.6. The normalized spacial score (nSPS) is 17.4. The van der Waals surface area contributed by atoms with Gasteiger partial charge in [-0.15, -0.1) is 5.01 Å². The molecule has 1 amide bonds. The summed E-state index contributed by atoms with van der Waals surface area (Å²) in [6, 6.07) is 0. The summed E-state index contributed by atoms with van der Waals surface area (Å²) in [5.74, 6) is 0. The van der Waals surface area contributed by atoms with Gasteiger partial charge in [-0.3, -0.25) is 0 Å². The van der Waals surface area contributed by atoms with Gasteiger partial charge >= 0.3 is 6.09 Å². The zero-order valence-electron chi connectivity index (χ0n) is 16.7. The summed E-state index contributed by atoms with van der Waals surface area (Å²) < 4.78 is 5.36. The van der Waals surface area contributed by atoms with Gasteiger partial charge in [0.2, 0.25) is 5.28 Å². The number of rotatable bonds is 5. The van der Waals surface area contributed by atoms with Crippen LogP contribution >= 0.6 is 0 Å². The minimum Gasteiger partial charge on any atom is -0.569 e. The molecule has 0 radical (unpaired) electrons. The molecule has 0 aromatic heterocycles. The van der Waals surface area contributed by atoms with Gasteiger partial charge in [-0.1, -0.05) is 6.92 Å². The first-order valence-corrected chi connectivity index (χ1v) is 9.03. The van der Waals surface area contributed by atoms with Crippen LogP contribution in [0, 0.1) is 5.21 Å². The molecule has 1 aliphatic heterocycles. The van der Waals surface area contributed by atoms with Crippen LogP contribution in [-0.2, 0) is 9.57 Å². The number of nitrogens with zero attached hydrogens (tertiary/aromatic N) is 4. The fourth-order valence-electron chi connectivity index (χ4n) is 2.51. The van der Waals surface area contributed by atoms with Gasteiger partial charge in [0.15, 0.2) is 0 Å². The van der Waals surface area contributed by atoms with Gasteiger partial charge in [-0.2, -0.15) is 0 Å². The van der Waals surface area contributed by atoms with Crippen LogP contribution in [0.3, 0.4) is 0 Å². The van der Waals surface area contributed by atoms with Gasteiger partial charge < -0.3 is 19.7 Å². The highest BCUT2D eigenvalue weighted by Crippen LogP contribution is 2.19. The van der Waals surface area contributed by atoms with E-state index in [-0.39, 0.29) is 17.7 Å². The molecule has 0 bridgehead atoms. The molecule has 1 saturated heterocycles. The lowest BCUT2D eigenvalue weighted by Crippen LogP contribution is -2.46. The number of carbonyl (C=O) groups excluding carboxylic acids is 1. The van der Waals surface area contributed by atoms with Crippen molar-refractivity contribution in [3.63, 3.8) is 0 Å². The summed E-state index contributed by atoms with van der Waals surface area (Å²) in [7, 11) is 0. The maximum atomic E-state index is 12.2. The third kappa shape index (κ3) is 7.36. The summed E-state index contributed by atoms with van der Waals surface area (Å²) in [6.45, 7) is 15.1. The van der Waals surface area contributed by atoms with Crippen molar-refractivity contribution < 1.29 is 19.3 Å². The standard InChI is InChI=1S/C17H34N4O4/c1-8-11-20(16(2,3)4)21(23)18-25-14-9-12-19(13-10-14)15(22)24-17(5,6)7/h14H,8-13H2,1-7H3/b21-18+. The number of hydrogen-bond acceptors (Lipinski definition) is 5. The number of amides is 1. The Kier molecular flexibility index (Phi) is 7.31. The van der Waals surface area contributed by atoms with Crippen LogP contribution in [0.1, 0.15) is 67.7 Å². The predicted molar refractivity (Wildman–Crippen MR) is 94.7 cm³/mol. The Hall–Kier alpha value is -1.73. The second-order valence-electron chi connectivity index (χ2n) is 8.40. The summed E-state index contributed by atoms with van der Waals surface area (Å²) in [4.78, 5) is 19.7. The van der Waals surface area contributed by atoms with E-state index in [9.17, 15) is 10.0 Å². The molecule has 1 aliphatic rings. The lowest BCUT2D eigenvalue weighted by molar-refractivity contribution is -0.726. The van der Waals surface area contributed by atoms with E-state index >= 15 is 0 Å². The smallest absolute Gasteiger partial charge is 0.410 e. The quantitative estimate of drug-likeness (QED) is 0.425. The zero-order valence-corrected chi connectivity index (χ0v) is 16.7. The highest BCUT2D eigenvalue weighted by atomic mass is 16.7. The molecule has 0 saturated carbocycles. The summed E-state index contributed by atoms with van der Waals surface area (Å²) >= 11 is 0. The van der Waals surface area contributed by atoms with E-state index in [1.165, 1.54) is 0 Å². The first-order valence-electron chi connectivity index (χ1n) is 9.03. The lowest BCUT2D eigenvalue weighted by Gasteiger charge is -2.32. The van der Waals surface area contributed by atoms with E-state index in [0.717, 1.165) is 6.42 Å². The average molecular weight is 358 g/mol. The van der Waals surface area contributed by atoms with E-state index in [1.54, 1.807) is 9.91 Å². The molecule has 0 aromatic rings. The molecule has 0 atom stereocenters. The average Bonchev–Trinajstić information content (AvgIpc) is 2.48. The number of likely N-dealkylation sites (tertiary alicyclic amines) is 1. The van der Waals surface area contributed by atoms with Crippen molar-refractivity contribution in [3.05, 3.63) is 5.21 Å². The molecule has 0 aliphatic carbocycles. The van der Waals surface area contributed by atoms with Gasteiger partial charge in [0.05, 0.1) is 17.1 Å². The predicted octanol–water partition coefficient (Wildman–Crippen LogP) is 3.71. The maximum absolute atomic E-state index is 12.2. The Bertz CT molecular complexity index is 460. The molecule has 0 spiro atoms. The first kappa shape index (κ1) is 21.3. The SMILES string of the molecule is CCCN(/[N+]([O-])=N\OC1CCN(C(=O)OC(C)(C)C)CC1)C(C)(C)C. The maximum Gasteiger partial charge on any atom is 0.410 e. The van der Waals surface area contributed by atoms with Gasteiger partial charge in [-0.05, 0) is 48.0 Å². The van der Waals surface area contributed by atoms with Crippen molar-refractivity contribution in [2.75, 3.05) is 19.6 Å². The molecular weight excluding hydrogens is 324 g/mol. The Morgan fingerprint density at radius 1 is 1.24 bits per heavy atom. The zero-order chi connectivity index (χ0) is 19.3. The van der Waals surface area contributed by atoms with Crippen LogP contribution in [0.25, 0.3) is 0 Å². The molecule has 1 fully saturated rings. The Balaban J connectivity index is 2.52. The number of hydrazine groups is 1. The summed E-state index contributed by atoms with van der Waals surface area (Å²) in [5.41, 5.74) is -0.830. The second-order valence-corrected chi connectivity index (χ2v) is 8.40. The van der Waals surface area contributed by atoms with E-state index in [2.05, 4.69) is 5.28 Å². The third-order valence-corrected chi connectivity index (χ3v) is 3.78. The molecule has 1 heterocycles. The molecule has 8 heteroatoms. The van der Waals surface area contributed by atoms with E-state index in [4.69, 9.17) is 9.57 Å². The molecule has 8 nitrogen and oxygen atoms in total. The molecular formula is C17H34N4O4. The minimum atomic E-state index is -0.501. The Labute approximate surface area is 151 Å². The van der Waals surface area contributed by atoms with E-state index in [0.29, 0.717) is 37.4 Å². The number of piperidine rings is 1. The lowest BCUT2D eigenvalue weighted by atomic mass is 10.1. The number of ether oxygens (including phenoxy) is 1. The largest absolute Gasteiger partial charge is 0.569 e. The van der Waals surface area contributed by atoms with Crippen molar-refractivity contribution in [3.8, 4) is 0 Å². The van der Waals surface area contributed by atoms with Crippen molar-refractivity contribution in [1.29, 1.82) is 0 Å². The van der Waals surface area contributed by atoms with Crippen molar-refractivity contribution in [1.82, 2.24) is 9.91 Å². The van der Waals surface area contributed by atoms with Crippen LogP contribution in [0.4, 0.5) is 4.79 Å². The fraction of sp³-hybridized carbons (Fsp3) is 0.941. The minimum absolute atomic E-state index is 0.168. The molecule has 0 unspecified atom stereocenters. The number of hydrogen-bond donors (Lipinski definition) is 0. The molecule has 0 N–H and O–H groups in total. The van der Waals surface area contributed by atoms with Crippen LogP contribution in [0.15, 0.2) is 5.28 Å². The topological polar surface area (TPSA) is 80.4 Å². The van der Waals surface area contributed by atoms with E-state index < -0.39 is 5.60 Å². The highest BCUT2D eigenvalue weighted by molar-refractivity contribution is 5.68. The highest BCUT2D eigenvalue weighted by Gasteiger charge is 2.30. The number of carbonyl (C=O) groups is 1. The van der Waals surface area contributed by atoms with Crippen molar-refractivity contribution >= 4 is 6.09 Å². The van der Waals surface area contributed by atoms with Gasteiger partial charge in [0.25, 0.3) is 0 Å². The van der Waals surface area contributed by atoms with Crippen molar-refractivity contribution in [2.45, 2.75) is 85.0 Å². The monoisotopic (exact) mass is 358 g/mol. The van der Waals surface area contributed by atoms with E-state index in [1.807, 2.05) is 48.5 Å². The van der Waals surface area contributed by atoms with Gasteiger partial charge in [0.1, 0.15) is 11.7 Å². The van der Waals surface area contributed by atoms with Crippen LogP contribution < -0.4 is 0 Å². The van der Waals surface area contributed by atoms with Crippen molar-refractivity contribution in [2.24, 2.45) is 5.28 Å². The van der Waals surface area contributed by atoms with Gasteiger partial charge in [-0.25, -0.2) is 4.79 Å². The molecule has 0 aromatic carbocycles. The van der Waals surface area contributed by atoms with Gasteiger partial charge in [0, 0.05) is 25.9 Å². The second kappa shape index (κ2) is 8.58.